The van der Waals surface area contributed by atoms with Gasteiger partial charge in [-0.3, -0.25) is 14.2 Å². The van der Waals surface area contributed by atoms with Crippen molar-refractivity contribution in [1.82, 2.24) is 19.7 Å². The number of esters is 1. The number of carbonyl (C=O) groups is 2. The smallest absolute Gasteiger partial charge is 0.316 e. The van der Waals surface area contributed by atoms with Crippen LogP contribution in [0.4, 0.5) is 0 Å². The van der Waals surface area contributed by atoms with Gasteiger partial charge >= 0.3 is 5.97 Å². The van der Waals surface area contributed by atoms with Crippen LogP contribution in [0.25, 0.3) is 5.69 Å². The van der Waals surface area contributed by atoms with E-state index in [1.165, 1.54) is 11.8 Å². The maximum atomic E-state index is 12.1. The van der Waals surface area contributed by atoms with Crippen molar-refractivity contribution in [3.05, 3.63) is 35.1 Å². The van der Waals surface area contributed by atoms with Crippen molar-refractivity contribution in [2.24, 2.45) is 5.92 Å². The fourth-order valence-corrected chi connectivity index (χ4v) is 3.79. The van der Waals surface area contributed by atoms with Crippen LogP contribution in [0.5, 0.6) is 0 Å². The van der Waals surface area contributed by atoms with E-state index in [0.717, 1.165) is 37.2 Å². The van der Waals surface area contributed by atoms with Gasteiger partial charge in [0, 0.05) is 18.1 Å². The van der Waals surface area contributed by atoms with E-state index in [0.29, 0.717) is 16.1 Å². The van der Waals surface area contributed by atoms with Crippen molar-refractivity contribution in [3.63, 3.8) is 0 Å². The SMILES string of the molecule is Cc1ccc(-n2cnnc2SCC(=O)OCC(=O)N2CCC(C)CC2)cc1Cl. The van der Waals surface area contributed by atoms with Crippen molar-refractivity contribution in [3.8, 4) is 5.69 Å². The number of aryl methyl sites for hydroxylation is 1. The predicted molar refractivity (Wildman–Crippen MR) is 108 cm³/mol. The van der Waals surface area contributed by atoms with Crippen molar-refractivity contribution in [2.45, 2.75) is 31.8 Å². The lowest BCUT2D eigenvalue weighted by Gasteiger charge is -2.30. The summed E-state index contributed by atoms with van der Waals surface area (Å²) in [6, 6.07) is 5.64. The number of hydrogen-bond donors (Lipinski definition) is 0. The molecule has 1 fully saturated rings. The molecule has 1 aliphatic heterocycles. The van der Waals surface area contributed by atoms with Gasteiger partial charge in [-0.2, -0.15) is 0 Å². The summed E-state index contributed by atoms with van der Waals surface area (Å²) in [6.45, 7) is 5.36. The normalized spacial score (nSPS) is 14.9. The Balaban J connectivity index is 1.49. The van der Waals surface area contributed by atoms with Gasteiger partial charge < -0.3 is 9.64 Å². The van der Waals surface area contributed by atoms with Gasteiger partial charge in [-0.1, -0.05) is 36.4 Å². The zero-order chi connectivity index (χ0) is 20.1. The van der Waals surface area contributed by atoms with E-state index in [9.17, 15) is 9.59 Å². The minimum absolute atomic E-state index is 0.0442. The van der Waals surface area contributed by atoms with Crippen LogP contribution in [0, 0.1) is 12.8 Å². The van der Waals surface area contributed by atoms with Crippen LogP contribution >= 0.6 is 23.4 Å². The van der Waals surface area contributed by atoms with E-state index in [4.69, 9.17) is 16.3 Å². The van der Waals surface area contributed by atoms with Gasteiger partial charge in [0.05, 0.1) is 11.4 Å². The number of likely N-dealkylation sites (tertiary alicyclic amines) is 1. The minimum Gasteiger partial charge on any atom is -0.455 e. The van der Waals surface area contributed by atoms with Crippen LogP contribution in [0.2, 0.25) is 5.02 Å². The highest BCUT2D eigenvalue weighted by Gasteiger charge is 2.21. The van der Waals surface area contributed by atoms with E-state index >= 15 is 0 Å². The predicted octanol–water partition coefficient (Wildman–Crippen LogP) is 3.12. The molecule has 0 aliphatic carbocycles. The summed E-state index contributed by atoms with van der Waals surface area (Å²) in [5.74, 6) is 0.0921. The van der Waals surface area contributed by atoms with Crippen LogP contribution in [0.1, 0.15) is 25.3 Å². The van der Waals surface area contributed by atoms with Crippen LogP contribution in [-0.4, -0.2) is 57.0 Å². The summed E-state index contributed by atoms with van der Waals surface area (Å²) in [7, 11) is 0. The van der Waals surface area contributed by atoms with Gasteiger partial charge in [-0.15, -0.1) is 10.2 Å². The molecule has 0 radical (unpaired) electrons. The Morgan fingerprint density at radius 2 is 2.07 bits per heavy atom. The van der Waals surface area contributed by atoms with Gasteiger partial charge in [0.15, 0.2) is 11.8 Å². The minimum atomic E-state index is -0.458. The zero-order valence-corrected chi connectivity index (χ0v) is 17.5. The summed E-state index contributed by atoms with van der Waals surface area (Å²) in [6.07, 6.45) is 3.55. The van der Waals surface area contributed by atoms with Crippen molar-refractivity contribution in [2.75, 3.05) is 25.4 Å². The van der Waals surface area contributed by atoms with E-state index in [1.54, 1.807) is 15.8 Å². The molecule has 0 N–H and O–H groups in total. The molecule has 0 bridgehead atoms. The first kappa shape index (κ1) is 20.7. The number of carbonyl (C=O) groups excluding carboxylic acids is 2. The molecule has 1 aromatic heterocycles. The first-order chi connectivity index (χ1) is 13.4. The zero-order valence-electron chi connectivity index (χ0n) is 15.9. The molecule has 1 saturated heterocycles. The van der Waals surface area contributed by atoms with Gasteiger partial charge in [-0.05, 0) is 43.4 Å². The second-order valence-corrected chi connectivity index (χ2v) is 8.28. The molecule has 3 rings (SSSR count). The fraction of sp³-hybridized carbons (Fsp3) is 0.474. The number of halogens is 1. The molecule has 0 unspecified atom stereocenters. The van der Waals surface area contributed by atoms with Crippen molar-refractivity contribution < 1.29 is 14.3 Å². The average Bonchev–Trinajstić information content (AvgIpc) is 3.16. The molecule has 0 atom stereocenters. The summed E-state index contributed by atoms with van der Waals surface area (Å²) in [5.41, 5.74) is 1.79. The Kier molecular flexibility index (Phi) is 6.96. The molecule has 1 amide bonds. The number of hydrogen-bond acceptors (Lipinski definition) is 6. The second-order valence-electron chi connectivity index (χ2n) is 6.93. The number of piperidine rings is 1. The number of ether oxygens (including phenoxy) is 1. The highest BCUT2D eigenvalue weighted by Crippen LogP contribution is 2.24. The molecule has 150 valence electrons. The highest BCUT2D eigenvalue weighted by molar-refractivity contribution is 7.99. The van der Waals surface area contributed by atoms with Crippen LogP contribution in [0.3, 0.4) is 0 Å². The average molecular weight is 423 g/mol. The van der Waals surface area contributed by atoms with E-state index in [1.807, 2.05) is 25.1 Å². The molecule has 28 heavy (non-hydrogen) atoms. The molecule has 1 aromatic carbocycles. The standard InChI is InChI=1S/C19H23ClN4O3S/c1-13-5-7-23(8-6-13)17(25)10-27-18(26)11-28-19-22-21-12-24(19)15-4-3-14(2)16(20)9-15/h3-4,9,12-13H,5-8,10-11H2,1-2H3. The molecule has 9 heteroatoms. The lowest BCUT2D eigenvalue weighted by atomic mass is 9.99. The van der Waals surface area contributed by atoms with Crippen molar-refractivity contribution >= 4 is 35.2 Å². The lowest BCUT2D eigenvalue weighted by molar-refractivity contribution is -0.150. The first-order valence-electron chi connectivity index (χ1n) is 9.17. The maximum absolute atomic E-state index is 12.1. The summed E-state index contributed by atoms with van der Waals surface area (Å²) in [4.78, 5) is 25.9. The third-order valence-electron chi connectivity index (χ3n) is 4.76. The molecule has 2 aromatic rings. The number of aromatic nitrogens is 3. The molecule has 2 heterocycles. The Hall–Kier alpha value is -2.06. The van der Waals surface area contributed by atoms with Gasteiger partial charge in [0.1, 0.15) is 6.33 Å². The Labute approximate surface area is 173 Å². The molecule has 7 nitrogen and oxygen atoms in total. The summed E-state index contributed by atoms with van der Waals surface area (Å²) < 4.78 is 6.89. The quantitative estimate of drug-likeness (QED) is 0.525. The maximum Gasteiger partial charge on any atom is 0.316 e. The Morgan fingerprint density at radius 3 is 2.79 bits per heavy atom. The van der Waals surface area contributed by atoms with Crippen molar-refractivity contribution in [1.29, 1.82) is 0 Å². The van der Waals surface area contributed by atoms with E-state index in [-0.39, 0.29) is 18.3 Å². The number of amides is 1. The van der Waals surface area contributed by atoms with Gasteiger partial charge in [-0.25, -0.2) is 0 Å². The summed E-state index contributed by atoms with van der Waals surface area (Å²) >= 11 is 7.38. The first-order valence-corrected chi connectivity index (χ1v) is 10.5. The number of nitrogens with zero attached hydrogens (tertiary/aromatic N) is 4. The van der Waals surface area contributed by atoms with Gasteiger partial charge in [0.25, 0.3) is 5.91 Å². The van der Waals surface area contributed by atoms with Crippen LogP contribution in [0.15, 0.2) is 29.7 Å². The summed E-state index contributed by atoms with van der Waals surface area (Å²) in [5, 5.41) is 9.14. The third kappa shape index (κ3) is 5.26. The fourth-order valence-electron chi connectivity index (χ4n) is 2.89. The molecular formula is C19H23ClN4O3S. The topological polar surface area (TPSA) is 77.3 Å². The Morgan fingerprint density at radius 1 is 1.32 bits per heavy atom. The molecule has 0 saturated carbocycles. The Bertz CT molecular complexity index is 849. The second kappa shape index (κ2) is 9.43. The molecule has 1 aliphatic rings. The van der Waals surface area contributed by atoms with E-state index in [2.05, 4.69) is 17.1 Å². The number of rotatable bonds is 6. The third-order valence-corrected chi connectivity index (χ3v) is 6.09. The number of thioether (sulfide) groups is 1. The largest absolute Gasteiger partial charge is 0.455 e. The van der Waals surface area contributed by atoms with Crippen LogP contribution in [-0.2, 0) is 14.3 Å². The van der Waals surface area contributed by atoms with Crippen LogP contribution < -0.4 is 0 Å². The van der Waals surface area contributed by atoms with E-state index < -0.39 is 5.97 Å². The molecular weight excluding hydrogens is 400 g/mol. The highest BCUT2D eigenvalue weighted by atomic mass is 35.5. The number of benzene rings is 1. The monoisotopic (exact) mass is 422 g/mol. The van der Waals surface area contributed by atoms with Gasteiger partial charge in [0.2, 0.25) is 0 Å². The molecule has 0 spiro atoms. The lowest BCUT2D eigenvalue weighted by Crippen LogP contribution is -2.40.